The van der Waals surface area contributed by atoms with Crippen LogP contribution in [0.3, 0.4) is 0 Å². The van der Waals surface area contributed by atoms with Gasteiger partial charge in [0.1, 0.15) is 5.82 Å². The van der Waals surface area contributed by atoms with Crippen LogP contribution in [0.1, 0.15) is 63.8 Å². The van der Waals surface area contributed by atoms with Gasteiger partial charge in [-0.1, -0.05) is 76.6 Å². The molecule has 3 heterocycles. The first-order valence-electron chi connectivity index (χ1n) is 16.4. The molecule has 0 N–H and O–H groups in total. The molecular formula is C42H44N5Pt-3. The predicted molar refractivity (Wildman–Crippen MR) is 199 cm³/mol. The number of aryl methyl sites for hydroxylation is 2. The van der Waals surface area contributed by atoms with E-state index >= 15 is 0 Å². The molecule has 6 heteroatoms. The van der Waals surface area contributed by atoms with Crippen LogP contribution in [-0.2, 0) is 31.9 Å². The summed E-state index contributed by atoms with van der Waals surface area (Å²) >= 11 is 0. The standard InChI is InChI=1S/C42H44N5.Pt/c1-27-19-38-39(20-28(27)2)46(26-44(38)9)33-22-30(42(6,7)8)21-32(24-33)45(10)31-15-16-35-34-13-11-12-14-36(34)47(37(35)25-31)40-23-29(17-18-43-40)41(3,4)5;/h11-23,26H,1-10H3;/q-3;. The third kappa shape index (κ3) is 5.81. The van der Waals surface area contributed by atoms with Gasteiger partial charge in [0, 0.05) is 51.2 Å². The van der Waals surface area contributed by atoms with Gasteiger partial charge in [0.2, 0.25) is 0 Å². The number of rotatable bonds is 4. The fourth-order valence-electron chi connectivity index (χ4n) is 6.49. The number of hydrogen-bond acceptors (Lipinski definition) is 4. The summed E-state index contributed by atoms with van der Waals surface area (Å²) in [4.78, 5) is 11.5. The summed E-state index contributed by atoms with van der Waals surface area (Å²) in [6, 6.07) is 34.0. The zero-order chi connectivity index (χ0) is 33.4. The second-order valence-corrected chi connectivity index (χ2v) is 15.1. The van der Waals surface area contributed by atoms with Crippen molar-refractivity contribution in [3.8, 4) is 5.82 Å². The summed E-state index contributed by atoms with van der Waals surface area (Å²) in [5.41, 5.74) is 12.5. The summed E-state index contributed by atoms with van der Waals surface area (Å²) in [5.74, 6) is 0.904. The Morgan fingerprint density at radius 1 is 0.729 bits per heavy atom. The van der Waals surface area contributed by atoms with Crippen LogP contribution in [0.5, 0.6) is 0 Å². The molecule has 6 aromatic rings. The van der Waals surface area contributed by atoms with Gasteiger partial charge in [-0.25, -0.2) is 4.98 Å². The normalized spacial score (nSPS) is 13.3. The molecule has 2 aromatic heterocycles. The van der Waals surface area contributed by atoms with E-state index in [-0.39, 0.29) is 31.9 Å². The van der Waals surface area contributed by atoms with Crippen molar-refractivity contribution in [2.24, 2.45) is 0 Å². The molecule has 0 aliphatic carbocycles. The maximum Gasteiger partial charge on any atom is 0.135 e. The fourth-order valence-corrected chi connectivity index (χ4v) is 6.49. The average molecular weight is 814 g/mol. The largest absolute Gasteiger partial charge is 0.504 e. The number of anilines is 5. The summed E-state index contributed by atoms with van der Waals surface area (Å²) < 4.78 is 2.26. The van der Waals surface area contributed by atoms with Crippen LogP contribution in [0.15, 0.2) is 79.0 Å². The van der Waals surface area contributed by atoms with Gasteiger partial charge in [0.05, 0.1) is 0 Å². The van der Waals surface area contributed by atoms with E-state index in [1.807, 2.05) is 6.20 Å². The number of benzene rings is 4. The van der Waals surface area contributed by atoms with Crippen molar-refractivity contribution in [2.45, 2.75) is 66.2 Å². The van der Waals surface area contributed by atoms with Crippen molar-refractivity contribution < 1.29 is 21.1 Å². The second kappa shape index (κ2) is 12.1. The summed E-state index contributed by atoms with van der Waals surface area (Å²) in [5, 5.41) is 2.35. The van der Waals surface area contributed by atoms with Gasteiger partial charge in [-0.2, -0.15) is 12.7 Å². The van der Waals surface area contributed by atoms with Gasteiger partial charge in [-0.3, -0.25) is 0 Å². The quantitative estimate of drug-likeness (QED) is 0.166. The minimum Gasteiger partial charge on any atom is -0.504 e. The van der Waals surface area contributed by atoms with Crippen molar-refractivity contribution in [1.29, 1.82) is 0 Å². The minimum absolute atomic E-state index is 0. The van der Waals surface area contributed by atoms with Crippen LogP contribution in [0, 0.1) is 32.6 Å². The van der Waals surface area contributed by atoms with Gasteiger partial charge in [-0.05, 0) is 84.1 Å². The molecule has 0 atom stereocenters. The number of hydrogen-bond donors (Lipinski definition) is 0. The van der Waals surface area contributed by atoms with Gasteiger partial charge < -0.3 is 19.3 Å². The smallest absolute Gasteiger partial charge is 0.135 e. The molecule has 0 spiro atoms. The molecule has 48 heavy (non-hydrogen) atoms. The molecule has 1 aliphatic rings. The zero-order valence-electron chi connectivity index (χ0n) is 29.6. The van der Waals surface area contributed by atoms with Crippen LogP contribution < -0.4 is 14.7 Å². The van der Waals surface area contributed by atoms with Crippen LogP contribution in [0.2, 0.25) is 0 Å². The van der Waals surface area contributed by atoms with E-state index in [4.69, 9.17) is 4.98 Å². The Kier molecular flexibility index (Phi) is 8.53. The van der Waals surface area contributed by atoms with E-state index in [1.54, 1.807) is 0 Å². The van der Waals surface area contributed by atoms with Crippen molar-refractivity contribution in [2.75, 3.05) is 28.8 Å². The summed E-state index contributed by atoms with van der Waals surface area (Å²) in [6.45, 7) is 20.1. The van der Waals surface area contributed by atoms with Crippen molar-refractivity contribution >= 4 is 50.2 Å². The molecule has 0 saturated carbocycles. The molecule has 4 aromatic carbocycles. The summed E-state index contributed by atoms with van der Waals surface area (Å²) in [6.07, 6.45) is 1.93. The number of fused-ring (bicyclic) bond motifs is 4. The molecule has 0 saturated heterocycles. The van der Waals surface area contributed by atoms with Crippen LogP contribution in [-0.4, -0.2) is 23.6 Å². The second-order valence-electron chi connectivity index (χ2n) is 15.1. The Morgan fingerprint density at radius 3 is 2.12 bits per heavy atom. The third-order valence-electron chi connectivity index (χ3n) is 9.62. The number of aromatic nitrogens is 2. The van der Waals surface area contributed by atoms with E-state index in [0.29, 0.717) is 0 Å². The Labute approximate surface area is 300 Å². The van der Waals surface area contributed by atoms with E-state index in [9.17, 15) is 0 Å². The molecule has 0 radical (unpaired) electrons. The molecular weight excluding hydrogens is 770 g/mol. The van der Waals surface area contributed by atoms with Crippen molar-refractivity contribution in [1.82, 2.24) is 9.55 Å². The Hall–Kier alpha value is -4.08. The van der Waals surface area contributed by atoms with Gasteiger partial charge in [0.25, 0.3) is 0 Å². The van der Waals surface area contributed by atoms with E-state index < -0.39 is 0 Å². The molecule has 0 amide bonds. The maximum atomic E-state index is 4.87. The number of para-hydroxylation sites is 1. The van der Waals surface area contributed by atoms with E-state index in [2.05, 4.69) is 180 Å². The molecule has 7 rings (SSSR count). The van der Waals surface area contributed by atoms with Crippen LogP contribution in [0.25, 0.3) is 27.6 Å². The predicted octanol–water partition coefficient (Wildman–Crippen LogP) is 10.5. The Morgan fingerprint density at radius 2 is 1.42 bits per heavy atom. The molecule has 1 aliphatic heterocycles. The first kappa shape index (κ1) is 33.8. The third-order valence-corrected chi connectivity index (χ3v) is 9.62. The Balaban J connectivity index is 0.00000401. The van der Waals surface area contributed by atoms with E-state index in [0.717, 1.165) is 39.3 Å². The minimum atomic E-state index is -0.0546. The molecule has 5 nitrogen and oxygen atoms in total. The Bertz CT molecular complexity index is 2160. The topological polar surface area (TPSA) is 27.5 Å². The summed E-state index contributed by atoms with van der Waals surface area (Å²) in [7, 11) is 4.23. The maximum absolute atomic E-state index is 4.87. The van der Waals surface area contributed by atoms with Crippen LogP contribution in [0.4, 0.5) is 28.4 Å². The fraction of sp³-hybridized carbons (Fsp3) is 0.286. The van der Waals surface area contributed by atoms with Crippen molar-refractivity contribution in [3.05, 3.63) is 120 Å². The first-order chi connectivity index (χ1) is 22.2. The average Bonchev–Trinajstić information content (AvgIpc) is 3.53. The number of nitrogens with zero attached hydrogens (tertiary/aromatic N) is 5. The van der Waals surface area contributed by atoms with Crippen molar-refractivity contribution in [3.63, 3.8) is 0 Å². The molecule has 250 valence electrons. The van der Waals surface area contributed by atoms with E-state index in [1.165, 1.54) is 39.0 Å². The van der Waals surface area contributed by atoms with Gasteiger partial charge >= 0.3 is 0 Å². The SMILES string of the molecule is Cc1cc2c(cc1C)N(c1[c-]c(N(C)c3[c-]c4c(cc3)c3ccccc3n4-c3cc(C(C)(C)C)ccn3)cc(C(C)(C)C)c1)[CH-]N2C.[Pt]. The van der Waals surface area contributed by atoms with Crippen LogP contribution >= 0.6 is 0 Å². The van der Waals surface area contributed by atoms with Gasteiger partial charge in [-0.15, -0.1) is 47.0 Å². The molecule has 0 bridgehead atoms. The first-order valence-corrected chi connectivity index (χ1v) is 16.4. The molecule has 0 unspecified atom stereocenters. The molecule has 0 fully saturated rings. The van der Waals surface area contributed by atoms with Gasteiger partial charge in [0.15, 0.2) is 0 Å². The zero-order valence-corrected chi connectivity index (χ0v) is 31.9. The monoisotopic (exact) mass is 813 g/mol. The number of pyridine rings is 1.